The Kier molecular flexibility index (Phi) is 3.96. The fraction of sp³-hybridized carbons (Fsp3) is 0.600. The van der Waals surface area contributed by atoms with Crippen LogP contribution in [0.3, 0.4) is 0 Å². The van der Waals surface area contributed by atoms with E-state index in [4.69, 9.17) is 9.47 Å². The summed E-state index contributed by atoms with van der Waals surface area (Å²) < 4.78 is 10.7. The quantitative estimate of drug-likeness (QED) is 0.794. The van der Waals surface area contributed by atoms with Crippen LogP contribution in [0.2, 0.25) is 0 Å². The van der Waals surface area contributed by atoms with Crippen LogP contribution in [0.4, 0.5) is 10.6 Å². The molecule has 3 rings (SSSR count). The van der Waals surface area contributed by atoms with Crippen LogP contribution in [-0.4, -0.2) is 40.8 Å². The molecule has 1 aliphatic carbocycles. The van der Waals surface area contributed by atoms with Gasteiger partial charge in [-0.2, -0.15) is 0 Å². The zero-order valence-electron chi connectivity index (χ0n) is 12.5. The van der Waals surface area contributed by atoms with E-state index in [1.165, 1.54) is 4.90 Å². The molecule has 0 aromatic carbocycles. The molecule has 1 aromatic heterocycles. The molecule has 118 valence electrons. The van der Waals surface area contributed by atoms with Gasteiger partial charge in [-0.05, 0) is 32.6 Å². The van der Waals surface area contributed by atoms with Crippen molar-refractivity contribution in [1.29, 1.82) is 0 Å². The summed E-state index contributed by atoms with van der Waals surface area (Å²) in [4.78, 5) is 33.5. The lowest BCUT2D eigenvalue weighted by Crippen LogP contribution is -2.40. The molecule has 1 aromatic rings. The molecule has 0 radical (unpaired) electrons. The summed E-state index contributed by atoms with van der Waals surface area (Å²) in [6.07, 6.45) is 6.95. The van der Waals surface area contributed by atoms with E-state index >= 15 is 0 Å². The maximum atomic E-state index is 12.1. The minimum atomic E-state index is -0.516. The fourth-order valence-corrected chi connectivity index (χ4v) is 3.13. The third-order valence-electron chi connectivity index (χ3n) is 4.31. The molecular formula is C15H19N3O4. The van der Waals surface area contributed by atoms with Gasteiger partial charge >= 0.3 is 12.1 Å². The van der Waals surface area contributed by atoms with E-state index < -0.39 is 11.7 Å². The van der Waals surface area contributed by atoms with Crippen LogP contribution in [0.5, 0.6) is 0 Å². The van der Waals surface area contributed by atoms with Gasteiger partial charge in [-0.25, -0.2) is 9.78 Å². The topological polar surface area (TPSA) is 81.6 Å². The number of hydrogen-bond donors (Lipinski definition) is 0. The van der Waals surface area contributed by atoms with Crippen molar-refractivity contribution in [1.82, 2.24) is 9.97 Å². The first kappa shape index (κ1) is 14.7. The number of esters is 1. The summed E-state index contributed by atoms with van der Waals surface area (Å²) in [6, 6.07) is 0. The smallest absolute Gasteiger partial charge is 0.416 e. The number of carbonyl (C=O) groups excluding carboxylic acids is 2. The highest BCUT2D eigenvalue weighted by molar-refractivity contribution is 5.89. The summed E-state index contributed by atoms with van der Waals surface area (Å²) in [5.74, 6) is 0.263. The first-order chi connectivity index (χ1) is 10.6. The van der Waals surface area contributed by atoms with Gasteiger partial charge in [0.2, 0.25) is 0 Å². The van der Waals surface area contributed by atoms with Crippen LogP contribution in [0.1, 0.15) is 32.6 Å². The van der Waals surface area contributed by atoms with E-state index in [2.05, 4.69) is 9.97 Å². The van der Waals surface area contributed by atoms with Gasteiger partial charge in [-0.15, -0.1) is 0 Å². The van der Waals surface area contributed by atoms with Crippen molar-refractivity contribution in [3.63, 3.8) is 0 Å². The van der Waals surface area contributed by atoms with Gasteiger partial charge in [0.05, 0.1) is 25.3 Å². The van der Waals surface area contributed by atoms with Gasteiger partial charge in [0.15, 0.2) is 5.82 Å². The largest absolute Gasteiger partial charge is 0.466 e. The average molecular weight is 305 g/mol. The van der Waals surface area contributed by atoms with Crippen LogP contribution >= 0.6 is 0 Å². The van der Waals surface area contributed by atoms with Gasteiger partial charge < -0.3 is 9.47 Å². The van der Waals surface area contributed by atoms with E-state index in [1.54, 1.807) is 25.5 Å². The normalized spacial score (nSPS) is 27.8. The van der Waals surface area contributed by atoms with Crippen molar-refractivity contribution in [2.75, 3.05) is 18.1 Å². The lowest BCUT2D eigenvalue weighted by molar-refractivity contribution is -0.150. The molecule has 1 saturated carbocycles. The van der Waals surface area contributed by atoms with Gasteiger partial charge in [0.1, 0.15) is 5.60 Å². The zero-order valence-corrected chi connectivity index (χ0v) is 12.5. The van der Waals surface area contributed by atoms with E-state index in [0.29, 0.717) is 44.7 Å². The van der Waals surface area contributed by atoms with Crippen molar-refractivity contribution in [2.24, 2.45) is 5.92 Å². The molecule has 7 nitrogen and oxygen atoms in total. The van der Waals surface area contributed by atoms with Crippen LogP contribution < -0.4 is 4.90 Å². The van der Waals surface area contributed by atoms with Crippen LogP contribution in [-0.2, 0) is 14.3 Å². The van der Waals surface area contributed by atoms with E-state index in [1.807, 2.05) is 0 Å². The highest BCUT2D eigenvalue weighted by Crippen LogP contribution is 2.40. The number of carbonyl (C=O) groups is 2. The van der Waals surface area contributed by atoms with Crippen molar-refractivity contribution in [2.45, 2.75) is 38.2 Å². The van der Waals surface area contributed by atoms with Crippen LogP contribution in [0, 0.1) is 5.92 Å². The highest BCUT2D eigenvalue weighted by atomic mass is 16.6. The monoisotopic (exact) mass is 305 g/mol. The molecule has 1 aliphatic heterocycles. The molecule has 2 heterocycles. The Morgan fingerprint density at radius 3 is 2.86 bits per heavy atom. The number of ether oxygens (including phenoxy) is 2. The Morgan fingerprint density at radius 2 is 2.23 bits per heavy atom. The van der Waals surface area contributed by atoms with Crippen LogP contribution in [0.15, 0.2) is 18.6 Å². The number of rotatable bonds is 3. The molecule has 2 fully saturated rings. The van der Waals surface area contributed by atoms with E-state index in [9.17, 15) is 9.59 Å². The van der Waals surface area contributed by atoms with Gasteiger partial charge in [-0.3, -0.25) is 14.7 Å². The summed E-state index contributed by atoms with van der Waals surface area (Å²) in [7, 11) is 0. The molecule has 2 aliphatic rings. The van der Waals surface area contributed by atoms with Crippen molar-refractivity contribution in [3.05, 3.63) is 18.6 Å². The van der Waals surface area contributed by atoms with E-state index in [-0.39, 0.29) is 11.9 Å². The minimum absolute atomic E-state index is 0.0881. The van der Waals surface area contributed by atoms with Crippen molar-refractivity contribution in [3.8, 4) is 0 Å². The zero-order chi connectivity index (χ0) is 15.6. The molecule has 0 N–H and O–H groups in total. The molecule has 1 amide bonds. The molecular weight excluding hydrogens is 286 g/mol. The number of aromatic nitrogens is 2. The summed E-state index contributed by atoms with van der Waals surface area (Å²) in [5.41, 5.74) is -0.516. The molecule has 1 spiro atoms. The Bertz CT molecular complexity index is 555. The highest BCUT2D eigenvalue weighted by Gasteiger charge is 2.49. The lowest BCUT2D eigenvalue weighted by atomic mass is 9.79. The Hall–Kier alpha value is -2.18. The predicted octanol–water partition coefficient (Wildman–Crippen LogP) is 1.93. The third-order valence-corrected chi connectivity index (χ3v) is 4.31. The molecule has 7 heteroatoms. The maximum Gasteiger partial charge on any atom is 0.416 e. The Morgan fingerprint density at radius 1 is 1.45 bits per heavy atom. The second-order valence-electron chi connectivity index (χ2n) is 5.73. The van der Waals surface area contributed by atoms with Gasteiger partial charge in [0, 0.05) is 12.4 Å². The molecule has 0 atom stereocenters. The first-order valence-corrected chi connectivity index (χ1v) is 7.57. The van der Waals surface area contributed by atoms with Crippen molar-refractivity contribution < 1.29 is 19.1 Å². The molecule has 0 unspecified atom stereocenters. The molecule has 0 bridgehead atoms. The summed E-state index contributed by atoms with van der Waals surface area (Å²) >= 11 is 0. The average Bonchev–Trinajstić information content (AvgIpc) is 2.85. The van der Waals surface area contributed by atoms with E-state index in [0.717, 1.165) is 0 Å². The second kappa shape index (κ2) is 5.90. The minimum Gasteiger partial charge on any atom is -0.466 e. The molecule has 22 heavy (non-hydrogen) atoms. The van der Waals surface area contributed by atoms with Gasteiger partial charge in [0.25, 0.3) is 0 Å². The van der Waals surface area contributed by atoms with Crippen molar-refractivity contribution >= 4 is 17.9 Å². The number of anilines is 1. The SMILES string of the molecule is CCOC(=O)C1CCC2(CC1)CN(c1cnccn1)C(=O)O2. The van der Waals surface area contributed by atoms with Gasteiger partial charge in [-0.1, -0.05) is 0 Å². The standard InChI is InChI=1S/C15H19N3O4/c1-2-21-13(19)11-3-5-15(6-4-11)10-18(14(20)22-15)12-9-16-7-8-17-12/h7-9,11H,2-6,10H2,1H3. The Balaban J connectivity index is 1.65. The second-order valence-corrected chi connectivity index (χ2v) is 5.73. The number of amides is 1. The number of hydrogen-bond acceptors (Lipinski definition) is 6. The third kappa shape index (κ3) is 2.75. The first-order valence-electron chi connectivity index (χ1n) is 7.57. The van der Waals surface area contributed by atoms with Crippen LogP contribution in [0.25, 0.3) is 0 Å². The maximum absolute atomic E-state index is 12.1. The fourth-order valence-electron chi connectivity index (χ4n) is 3.13. The molecule has 1 saturated heterocycles. The predicted molar refractivity (Wildman–Crippen MR) is 77.2 cm³/mol. The number of nitrogens with zero attached hydrogens (tertiary/aromatic N) is 3. The summed E-state index contributed by atoms with van der Waals surface area (Å²) in [6.45, 7) is 2.66. The summed E-state index contributed by atoms with van der Waals surface area (Å²) in [5, 5.41) is 0. The lowest BCUT2D eigenvalue weighted by Gasteiger charge is -2.33. The Labute approximate surface area is 128 Å².